The maximum atomic E-state index is 8.81. The Hall–Kier alpha value is -1.90. The molecule has 0 spiro atoms. The van der Waals surface area contributed by atoms with Gasteiger partial charge in [0.2, 0.25) is 0 Å². The quantitative estimate of drug-likeness (QED) is 0.830. The third kappa shape index (κ3) is 4.05. The van der Waals surface area contributed by atoms with Crippen molar-refractivity contribution in [3.8, 4) is 11.8 Å². The Morgan fingerprint density at radius 3 is 3.05 bits per heavy atom. The zero-order valence-corrected chi connectivity index (χ0v) is 12.4. The normalized spacial score (nSPS) is 11.8. The van der Waals surface area contributed by atoms with Crippen molar-refractivity contribution in [3.05, 3.63) is 45.9 Å². The van der Waals surface area contributed by atoms with Crippen molar-refractivity contribution < 1.29 is 4.74 Å². The molecule has 1 aromatic carbocycles. The number of hydrogen-bond acceptors (Lipinski definition) is 5. The van der Waals surface area contributed by atoms with E-state index in [0.29, 0.717) is 12.2 Å². The largest absolute Gasteiger partial charge is 0.492 e. The van der Waals surface area contributed by atoms with Crippen molar-refractivity contribution >= 4 is 11.3 Å². The summed E-state index contributed by atoms with van der Waals surface area (Å²) in [6.45, 7) is 5.38. The van der Waals surface area contributed by atoms with Crippen molar-refractivity contribution in [2.75, 3.05) is 13.2 Å². The van der Waals surface area contributed by atoms with Gasteiger partial charge in [-0.25, -0.2) is 4.98 Å². The average molecular weight is 287 g/mol. The number of nitriles is 1. The van der Waals surface area contributed by atoms with E-state index in [1.807, 2.05) is 19.1 Å². The highest BCUT2D eigenvalue weighted by molar-refractivity contribution is 7.09. The van der Waals surface area contributed by atoms with E-state index in [1.165, 1.54) is 0 Å². The minimum absolute atomic E-state index is 0.225. The second-order valence-electron chi connectivity index (χ2n) is 4.49. The van der Waals surface area contributed by atoms with Gasteiger partial charge in [-0.1, -0.05) is 6.07 Å². The summed E-state index contributed by atoms with van der Waals surface area (Å²) in [5, 5.41) is 15.3. The van der Waals surface area contributed by atoms with Crippen LogP contribution in [0.1, 0.15) is 29.2 Å². The van der Waals surface area contributed by atoms with Gasteiger partial charge in [0, 0.05) is 17.6 Å². The molecule has 0 unspecified atom stereocenters. The van der Waals surface area contributed by atoms with Crippen LogP contribution in [0.5, 0.6) is 5.75 Å². The van der Waals surface area contributed by atoms with Crippen LogP contribution in [0, 0.1) is 18.3 Å². The highest BCUT2D eigenvalue weighted by atomic mass is 32.1. The molecule has 1 N–H and O–H groups in total. The van der Waals surface area contributed by atoms with Crippen LogP contribution in [0.4, 0.5) is 0 Å². The van der Waals surface area contributed by atoms with E-state index in [4.69, 9.17) is 10.00 Å². The number of thiazole rings is 1. The summed E-state index contributed by atoms with van der Waals surface area (Å²) in [5.74, 6) is 0.726. The molecule has 0 bridgehead atoms. The van der Waals surface area contributed by atoms with Crippen LogP contribution in [0.15, 0.2) is 29.6 Å². The number of hydrogen-bond donors (Lipinski definition) is 1. The molecule has 0 aliphatic rings. The summed E-state index contributed by atoms with van der Waals surface area (Å²) in [6.07, 6.45) is 0. The van der Waals surface area contributed by atoms with E-state index >= 15 is 0 Å². The molecule has 1 aromatic heterocycles. The number of rotatable bonds is 6. The molecule has 4 nitrogen and oxygen atoms in total. The maximum absolute atomic E-state index is 8.81. The van der Waals surface area contributed by atoms with E-state index in [0.717, 1.165) is 23.0 Å². The maximum Gasteiger partial charge on any atom is 0.120 e. The van der Waals surface area contributed by atoms with Crippen LogP contribution in [0.25, 0.3) is 0 Å². The summed E-state index contributed by atoms with van der Waals surface area (Å²) in [4.78, 5) is 4.45. The lowest BCUT2D eigenvalue weighted by Crippen LogP contribution is -2.24. The Bertz CT molecular complexity index is 603. The van der Waals surface area contributed by atoms with Gasteiger partial charge in [0.25, 0.3) is 0 Å². The first kappa shape index (κ1) is 14.5. The molecule has 1 atom stereocenters. The minimum atomic E-state index is 0.225. The lowest BCUT2D eigenvalue weighted by Gasteiger charge is -2.12. The van der Waals surface area contributed by atoms with Crippen molar-refractivity contribution in [3.63, 3.8) is 0 Å². The summed E-state index contributed by atoms with van der Waals surface area (Å²) >= 11 is 1.67. The number of benzene rings is 1. The standard InChI is InChI=1S/C15H17N3OS/c1-11-10-20-15(18-11)12(2)17-6-7-19-14-5-3-4-13(8-14)9-16/h3-5,8,10,12,17H,6-7H2,1-2H3/t12-/m1/s1. The van der Waals surface area contributed by atoms with Crippen molar-refractivity contribution in [1.29, 1.82) is 5.26 Å². The first-order valence-electron chi connectivity index (χ1n) is 6.47. The van der Waals surface area contributed by atoms with Crippen LogP contribution in [0.3, 0.4) is 0 Å². The smallest absolute Gasteiger partial charge is 0.120 e. The van der Waals surface area contributed by atoms with Gasteiger partial charge in [0.1, 0.15) is 17.4 Å². The molecule has 1 heterocycles. The Morgan fingerprint density at radius 2 is 2.35 bits per heavy atom. The van der Waals surface area contributed by atoms with Crippen LogP contribution >= 0.6 is 11.3 Å². The van der Waals surface area contributed by atoms with E-state index in [2.05, 4.69) is 28.7 Å². The van der Waals surface area contributed by atoms with E-state index < -0.39 is 0 Å². The molecule has 20 heavy (non-hydrogen) atoms. The number of nitrogens with zero attached hydrogens (tertiary/aromatic N) is 2. The van der Waals surface area contributed by atoms with Crippen molar-refractivity contribution in [2.45, 2.75) is 19.9 Å². The molecular weight excluding hydrogens is 270 g/mol. The third-order valence-corrected chi connectivity index (χ3v) is 3.94. The molecule has 2 rings (SSSR count). The fraction of sp³-hybridized carbons (Fsp3) is 0.333. The number of nitrogens with one attached hydrogen (secondary N) is 1. The highest BCUT2D eigenvalue weighted by Gasteiger charge is 2.08. The van der Waals surface area contributed by atoms with Gasteiger partial charge in [0.15, 0.2) is 0 Å². The molecule has 0 fully saturated rings. The van der Waals surface area contributed by atoms with Gasteiger partial charge in [-0.3, -0.25) is 0 Å². The van der Waals surface area contributed by atoms with Crippen LogP contribution in [0.2, 0.25) is 0 Å². The monoisotopic (exact) mass is 287 g/mol. The van der Waals surface area contributed by atoms with Gasteiger partial charge in [-0.15, -0.1) is 11.3 Å². The summed E-state index contributed by atoms with van der Waals surface area (Å²) in [7, 11) is 0. The first-order chi connectivity index (χ1) is 9.69. The average Bonchev–Trinajstić information content (AvgIpc) is 2.90. The van der Waals surface area contributed by atoms with Crippen LogP contribution in [-0.2, 0) is 0 Å². The topological polar surface area (TPSA) is 57.9 Å². The molecule has 2 aromatic rings. The molecule has 0 aliphatic heterocycles. The predicted molar refractivity (Wildman–Crippen MR) is 79.9 cm³/mol. The zero-order valence-electron chi connectivity index (χ0n) is 11.6. The third-order valence-electron chi connectivity index (χ3n) is 2.79. The molecule has 0 saturated heterocycles. The molecule has 0 amide bonds. The molecular formula is C15H17N3OS. The fourth-order valence-corrected chi connectivity index (χ4v) is 2.59. The van der Waals surface area contributed by atoms with Gasteiger partial charge < -0.3 is 10.1 Å². The Balaban J connectivity index is 1.75. The first-order valence-corrected chi connectivity index (χ1v) is 7.35. The van der Waals surface area contributed by atoms with Gasteiger partial charge in [-0.2, -0.15) is 5.26 Å². The van der Waals surface area contributed by atoms with Gasteiger partial charge in [-0.05, 0) is 32.0 Å². The number of aryl methyl sites for hydroxylation is 1. The highest BCUT2D eigenvalue weighted by Crippen LogP contribution is 2.17. The Kier molecular flexibility index (Phi) is 5.10. The zero-order chi connectivity index (χ0) is 14.4. The second kappa shape index (κ2) is 7.04. The van der Waals surface area contributed by atoms with Crippen LogP contribution in [-0.4, -0.2) is 18.1 Å². The van der Waals surface area contributed by atoms with Gasteiger partial charge >= 0.3 is 0 Å². The predicted octanol–water partition coefficient (Wildman–Crippen LogP) is 3.05. The van der Waals surface area contributed by atoms with Crippen molar-refractivity contribution in [1.82, 2.24) is 10.3 Å². The molecule has 5 heteroatoms. The second-order valence-corrected chi connectivity index (χ2v) is 5.38. The Morgan fingerprint density at radius 1 is 1.50 bits per heavy atom. The number of ether oxygens (including phenoxy) is 1. The molecule has 104 valence electrons. The van der Waals surface area contributed by atoms with Crippen molar-refractivity contribution in [2.24, 2.45) is 0 Å². The molecule has 0 saturated carbocycles. The number of aromatic nitrogens is 1. The SMILES string of the molecule is Cc1csc([C@@H](C)NCCOc2cccc(C#N)c2)n1. The minimum Gasteiger partial charge on any atom is -0.492 e. The molecule has 0 aliphatic carbocycles. The van der Waals surface area contributed by atoms with E-state index in [-0.39, 0.29) is 6.04 Å². The van der Waals surface area contributed by atoms with E-state index in [1.54, 1.807) is 23.5 Å². The summed E-state index contributed by atoms with van der Waals surface area (Å²) < 4.78 is 5.61. The lowest BCUT2D eigenvalue weighted by atomic mass is 10.2. The van der Waals surface area contributed by atoms with Gasteiger partial charge in [0.05, 0.1) is 17.7 Å². The Labute approximate surface area is 123 Å². The summed E-state index contributed by atoms with van der Waals surface area (Å²) in [5.41, 5.74) is 1.67. The van der Waals surface area contributed by atoms with Crippen LogP contribution < -0.4 is 10.1 Å². The fourth-order valence-electron chi connectivity index (χ4n) is 1.76. The van der Waals surface area contributed by atoms with E-state index in [9.17, 15) is 0 Å². The lowest BCUT2D eigenvalue weighted by molar-refractivity contribution is 0.307. The molecule has 0 radical (unpaired) electrons. The summed E-state index contributed by atoms with van der Waals surface area (Å²) in [6, 6.07) is 9.50.